The Kier molecular flexibility index (Phi) is 5.11. The predicted octanol–water partition coefficient (Wildman–Crippen LogP) is 2.45. The summed E-state index contributed by atoms with van der Waals surface area (Å²) in [5.74, 6) is -0.0684. The molecular formula is C16H21N3O2. The third-order valence-electron chi connectivity index (χ3n) is 3.29. The largest absolute Gasteiger partial charge is 0.364 e. The van der Waals surface area contributed by atoms with E-state index in [1.807, 2.05) is 51.4 Å². The van der Waals surface area contributed by atoms with Crippen LogP contribution >= 0.6 is 0 Å². The first-order valence-electron chi connectivity index (χ1n) is 7.08. The molecule has 0 aliphatic heterocycles. The molecule has 1 aromatic carbocycles. The van der Waals surface area contributed by atoms with Crippen molar-refractivity contribution in [1.29, 1.82) is 0 Å². The quantitative estimate of drug-likeness (QED) is 0.819. The Bertz CT molecular complexity index is 578. The number of benzene rings is 1. The van der Waals surface area contributed by atoms with Gasteiger partial charge in [0.15, 0.2) is 0 Å². The second-order valence-electron chi connectivity index (χ2n) is 5.12. The van der Waals surface area contributed by atoms with E-state index in [0.29, 0.717) is 24.2 Å². The number of hydrogen-bond acceptors (Lipinski definition) is 4. The van der Waals surface area contributed by atoms with Crippen LogP contribution in [0.4, 0.5) is 5.69 Å². The van der Waals surface area contributed by atoms with Gasteiger partial charge in [0, 0.05) is 18.8 Å². The first kappa shape index (κ1) is 15.3. The Morgan fingerprint density at radius 1 is 1.19 bits per heavy atom. The van der Waals surface area contributed by atoms with Gasteiger partial charge in [0.2, 0.25) is 0 Å². The number of carbonyl (C=O) groups excluding carboxylic acids is 1. The molecule has 2 aromatic rings. The molecule has 5 heteroatoms. The molecule has 0 saturated heterocycles. The number of rotatable bonds is 6. The van der Waals surface area contributed by atoms with Gasteiger partial charge in [-0.1, -0.05) is 30.3 Å². The van der Waals surface area contributed by atoms with E-state index in [2.05, 4.69) is 10.1 Å². The summed E-state index contributed by atoms with van der Waals surface area (Å²) < 4.78 is 4.96. The Morgan fingerprint density at radius 3 is 2.52 bits per heavy atom. The molecule has 0 aliphatic rings. The van der Waals surface area contributed by atoms with Gasteiger partial charge in [0.05, 0.1) is 5.69 Å². The summed E-state index contributed by atoms with van der Waals surface area (Å²) in [6.45, 7) is 3.36. The molecule has 2 rings (SSSR count). The van der Waals surface area contributed by atoms with Crippen LogP contribution in [0.5, 0.6) is 0 Å². The van der Waals surface area contributed by atoms with Gasteiger partial charge in [-0.25, -0.2) is 0 Å². The molecule has 1 heterocycles. The van der Waals surface area contributed by atoms with Gasteiger partial charge in [-0.2, -0.15) is 0 Å². The molecule has 0 atom stereocenters. The molecule has 0 fully saturated rings. The number of aryl methyl sites for hydroxylation is 1. The number of hydrogen-bond donors (Lipinski definition) is 0. The maximum atomic E-state index is 12.8. The average molecular weight is 287 g/mol. The topological polar surface area (TPSA) is 49.6 Å². The lowest BCUT2D eigenvalue weighted by Gasteiger charge is -2.24. The van der Waals surface area contributed by atoms with Crippen LogP contribution in [0.25, 0.3) is 0 Å². The Morgan fingerprint density at radius 2 is 1.90 bits per heavy atom. The molecule has 112 valence electrons. The van der Waals surface area contributed by atoms with Crippen molar-refractivity contribution < 1.29 is 9.32 Å². The summed E-state index contributed by atoms with van der Waals surface area (Å²) in [5.41, 5.74) is 2.12. The van der Waals surface area contributed by atoms with E-state index in [4.69, 9.17) is 4.52 Å². The minimum Gasteiger partial charge on any atom is -0.364 e. The zero-order valence-electron chi connectivity index (χ0n) is 12.7. The smallest absolute Gasteiger partial charge is 0.263 e. The van der Waals surface area contributed by atoms with Crippen molar-refractivity contribution in [2.75, 3.05) is 32.1 Å². The summed E-state index contributed by atoms with van der Waals surface area (Å²) >= 11 is 0. The summed E-state index contributed by atoms with van der Waals surface area (Å²) in [7, 11) is 3.98. The molecule has 21 heavy (non-hydrogen) atoms. The van der Waals surface area contributed by atoms with Crippen molar-refractivity contribution in [3.63, 3.8) is 0 Å². The van der Waals surface area contributed by atoms with Crippen LogP contribution in [0.3, 0.4) is 0 Å². The summed E-state index contributed by atoms with van der Waals surface area (Å²) in [4.78, 5) is 16.6. The lowest BCUT2D eigenvalue weighted by Crippen LogP contribution is -2.37. The normalized spacial score (nSPS) is 10.9. The Balaban J connectivity index is 2.28. The molecule has 0 saturated carbocycles. The lowest BCUT2D eigenvalue weighted by molar-refractivity contribution is 0.0984. The lowest BCUT2D eigenvalue weighted by atomic mass is 10.1. The second-order valence-corrected chi connectivity index (χ2v) is 5.12. The average Bonchev–Trinajstić information content (AvgIpc) is 2.96. The van der Waals surface area contributed by atoms with Gasteiger partial charge in [0.25, 0.3) is 5.91 Å². The van der Waals surface area contributed by atoms with Crippen molar-refractivity contribution in [2.24, 2.45) is 0 Å². The number of amides is 1. The molecule has 0 aliphatic carbocycles. The van der Waals surface area contributed by atoms with Crippen LogP contribution in [0, 0.1) is 0 Å². The zero-order chi connectivity index (χ0) is 15.2. The van der Waals surface area contributed by atoms with Crippen LogP contribution in [-0.4, -0.2) is 43.1 Å². The van der Waals surface area contributed by atoms with Crippen molar-refractivity contribution in [1.82, 2.24) is 10.1 Å². The van der Waals surface area contributed by atoms with Crippen LogP contribution < -0.4 is 4.90 Å². The predicted molar refractivity (Wildman–Crippen MR) is 82.6 cm³/mol. The third-order valence-corrected chi connectivity index (χ3v) is 3.29. The molecule has 0 N–H and O–H groups in total. The van der Waals surface area contributed by atoms with Gasteiger partial charge in [-0.15, -0.1) is 0 Å². The number of aromatic nitrogens is 1. The van der Waals surface area contributed by atoms with Crippen molar-refractivity contribution >= 4 is 11.6 Å². The minimum absolute atomic E-state index is 0.0684. The maximum absolute atomic E-state index is 12.8. The molecule has 0 spiro atoms. The fourth-order valence-corrected chi connectivity index (χ4v) is 2.09. The SMILES string of the molecule is CCc1nocc1C(=O)N(CCN(C)C)c1ccccc1. The first-order chi connectivity index (χ1) is 10.1. The van der Waals surface area contributed by atoms with Crippen LogP contribution in [0.15, 0.2) is 41.1 Å². The van der Waals surface area contributed by atoms with E-state index in [0.717, 1.165) is 12.2 Å². The van der Waals surface area contributed by atoms with Gasteiger partial charge < -0.3 is 14.3 Å². The molecule has 1 amide bonds. The van der Waals surface area contributed by atoms with Crippen LogP contribution in [0.1, 0.15) is 23.0 Å². The molecule has 0 radical (unpaired) electrons. The van der Waals surface area contributed by atoms with Crippen molar-refractivity contribution in [3.05, 3.63) is 47.9 Å². The third kappa shape index (κ3) is 3.70. The highest BCUT2D eigenvalue weighted by Gasteiger charge is 2.22. The minimum atomic E-state index is -0.0684. The molecular weight excluding hydrogens is 266 g/mol. The number of nitrogens with zero attached hydrogens (tertiary/aromatic N) is 3. The van der Waals surface area contributed by atoms with E-state index >= 15 is 0 Å². The van der Waals surface area contributed by atoms with E-state index in [1.165, 1.54) is 6.26 Å². The van der Waals surface area contributed by atoms with Crippen molar-refractivity contribution in [2.45, 2.75) is 13.3 Å². The van der Waals surface area contributed by atoms with Gasteiger partial charge in [0.1, 0.15) is 11.8 Å². The number of carbonyl (C=O) groups is 1. The van der Waals surface area contributed by atoms with Gasteiger partial charge >= 0.3 is 0 Å². The zero-order valence-corrected chi connectivity index (χ0v) is 12.7. The summed E-state index contributed by atoms with van der Waals surface area (Å²) in [6.07, 6.45) is 2.11. The molecule has 0 bridgehead atoms. The maximum Gasteiger partial charge on any atom is 0.263 e. The first-order valence-corrected chi connectivity index (χ1v) is 7.08. The highest BCUT2D eigenvalue weighted by molar-refractivity contribution is 6.06. The molecule has 5 nitrogen and oxygen atoms in total. The molecule has 0 unspecified atom stereocenters. The number of anilines is 1. The van der Waals surface area contributed by atoms with E-state index in [1.54, 1.807) is 4.90 Å². The van der Waals surface area contributed by atoms with Gasteiger partial charge in [-0.3, -0.25) is 4.79 Å². The van der Waals surface area contributed by atoms with Crippen LogP contribution in [-0.2, 0) is 6.42 Å². The summed E-state index contributed by atoms with van der Waals surface area (Å²) in [6, 6.07) is 9.67. The fraction of sp³-hybridized carbons (Fsp3) is 0.375. The van der Waals surface area contributed by atoms with E-state index < -0.39 is 0 Å². The van der Waals surface area contributed by atoms with Crippen molar-refractivity contribution in [3.8, 4) is 0 Å². The van der Waals surface area contributed by atoms with Crippen LogP contribution in [0.2, 0.25) is 0 Å². The standard InChI is InChI=1S/C16H21N3O2/c1-4-15-14(12-21-17-15)16(20)19(11-10-18(2)3)13-8-6-5-7-9-13/h5-9,12H,4,10-11H2,1-3H3. The van der Waals surface area contributed by atoms with Gasteiger partial charge in [-0.05, 0) is 32.6 Å². The Labute approximate surface area is 125 Å². The fourth-order valence-electron chi connectivity index (χ4n) is 2.09. The highest BCUT2D eigenvalue weighted by Crippen LogP contribution is 2.18. The highest BCUT2D eigenvalue weighted by atomic mass is 16.5. The second kappa shape index (κ2) is 7.04. The Hall–Kier alpha value is -2.14. The number of para-hydroxylation sites is 1. The summed E-state index contributed by atoms with van der Waals surface area (Å²) in [5, 5.41) is 3.89. The monoisotopic (exact) mass is 287 g/mol. The molecule has 1 aromatic heterocycles. The van der Waals surface area contributed by atoms with E-state index in [-0.39, 0.29) is 5.91 Å². The number of likely N-dealkylation sites (N-methyl/N-ethyl adjacent to an activating group) is 1. The van der Waals surface area contributed by atoms with E-state index in [9.17, 15) is 4.79 Å².